The van der Waals surface area contributed by atoms with Crippen molar-refractivity contribution in [3.63, 3.8) is 0 Å². The van der Waals surface area contributed by atoms with E-state index < -0.39 is 12.1 Å². The Morgan fingerprint density at radius 1 is 1.00 bits per heavy atom. The molecule has 0 aliphatic rings. The Balaban J connectivity index is 2.14. The van der Waals surface area contributed by atoms with Gasteiger partial charge in [0.25, 0.3) is 0 Å². The molecule has 0 aliphatic carbocycles. The highest BCUT2D eigenvalue weighted by Crippen LogP contribution is 2.12. The van der Waals surface area contributed by atoms with Crippen LogP contribution in [0.2, 0.25) is 5.02 Å². The zero-order valence-corrected chi connectivity index (χ0v) is 19.0. The molecule has 0 saturated heterocycles. The molecule has 0 fully saturated rings. The minimum atomic E-state index is -0.992. The summed E-state index contributed by atoms with van der Waals surface area (Å²) in [5.41, 5.74) is 0.876. The smallest absolute Gasteiger partial charge is 0.315 e. The van der Waals surface area contributed by atoms with Crippen molar-refractivity contribution in [2.75, 3.05) is 13.2 Å². The van der Waals surface area contributed by atoms with E-state index >= 15 is 0 Å². The number of aliphatic hydroxyl groups excluding tert-OH is 2. The molecule has 2 amide bonds. The fraction of sp³-hybridized carbons (Fsp3) is 0.625. The van der Waals surface area contributed by atoms with Crippen molar-refractivity contribution in [1.82, 2.24) is 10.6 Å². The Morgan fingerprint density at radius 2 is 1.57 bits per heavy atom. The Labute approximate surface area is 186 Å². The highest BCUT2D eigenvalue weighted by Gasteiger charge is 2.18. The number of nitrogens with one attached hydrogen (secondary N) is 2. The number of carbonyl (C=O) groups is 1. The molecule has 0 aromatic heterocycles. The molecule has 4 N–H and O–H groups in total. The molecule has 0 heterocycles. The Bertz CT molecular complexity index is 593. The molecule has 6 heteroatoms. The normalized spacial score (nSPS) is 13.3. The third kappa shape index (κ3) is 12.9. The molecule has 0 radical (unpaired) electrons. The summed E-state index contributed by atoms with van der Waals surface area (Å²) < 4.78 is 0. The van der Waals surface area contributed by atoms with Crippen LogP contribution in [0.3, 0.4) is 0 Å². The molecule has 30 heavy (non-hydrogen) atoms. The van der Waals surface area contributed by atoms with Crippen LogP contribution in [0.25, 0.3) is 6.08 Å². The first-order chi connectivity index (χ1) is 14.6. The molecular weight excluding hydrogens is 400 g/mol. The number of unbranched alkanes of at least 4 members (excludes halogenated alkanes) is 9. The number of carbonyl (C=O) groups excluding carboxylic acids is 1. The lowest BCUT2D eigenvalue weighted by Crippen LogP contribution is -2.49. The van der Waals surface area contributed by atoms with Crippen LogP contribution in [-0.4, -0.2) is 41.5 Å². The minimum Gasteiger partial charge on any atom is -0.394 e. The van der Waals surface area contributed by atoms with Crippen LogP contribution in [0.4, 0.5) is 4.79 Å². The Kier molecular flexibility index (Phi) is 15.1. The van der Waals surface area contributed by atoms with Gasteiger partial charge in [0.1, 0.15) is 0 Å². The summed E-state index contributed by atoms with van der Waals surface area (Å²) in [4.78, 5) is 12.0. The molecule has 0 bridgehead atoms. The average Bonchev–Trinajstić information content (AvgIpc) is 2.75. The van der Waals surface area contributed by atoms with Gasteiger partial charge in [0.05, 0.1) is 18.8 Å². The number of hydrogen-bond acceptors (Lipinski definition) is 3. The molecule has 2 unspecified atom stereocenters. The molecule has 2 atom stereocenters. The van der Waals surface area contributed by atoms with E-state index in [1.54, 1.807) is 24.3 Å². The number of rotatable bonds is 16. The molecule has 170 valence electrons. The van der Waals surface area contributed by atoms with Gasteiger partial charge in [-0.1, -0.05) is 101 Å². The van der Waals surface area contributed by atoms with Crippen molar-refractivity contribution in [2.45, 2.75) is 83.3 Å². The first-order valence-corrected chi connectivity index (χ1v) is 11.7. The molecule has 1 aromatic carbocycles. The van der Waals surface area contributed by atoms with E-state index in [2.05, 4.69) is 17.6 Å². The van der Waals surface area contributed by atoms with Crippen molar-refractivity contribution in [2.24, 2.45) is 0 Å². The molecule has 0 spiro atoms. The van der Waals surface area contributed by atoms with Crippen molar-refractivity contribution in [3.05, 3.63) is 40.9 Å². The summed E-state index contributed by atoms with van der Waals surface area (Å²) in [5.74, 6) is 0. The zero-order chi connectivity index (χ0) is 22.0. The minimum absolute atomic E-state index is 0.349. The largest absolute Gasteiger partial charge is 0.394 e. The second-order valence-corrected chi connectivity index (χ2v) is 8.21. The number of halogens is 1. The van der Waals surface area contributed by atoms with Gasteiger partial charge in [0, 0.05) is 11.6 Å². The first-order valence-electron chi connectivity index (χ1n) is 11.3. The fourth-order valence-corrected chi connectivity index (χ4v) is 3.32. The van der Waals surface area contributed by atoms with Gasteiger partial charge in [-0.15, -0.1) is 0 Å². The third-order valence-electron chi connectivity index (χ3n) is 5.10. The summed E-state index contributed by atoms with van der Waals surface area (Å²) in [6.07, 6.45) is 14.8. The van der Waals surface area contributed by atoms with E-state index in [4.69, 9.17) is 11.6 Å². The van der Waals surface area contributed by atoms with Crippen molar-refractivity contribution >= 4 is 23.7 Å². The summed E-state index contributed by atoms with van der Waals surface area (Å²) in [6, 6.07) is 6.04. The Hall–Kier alpha value is -1.56. The molecule has 0 saturated carbocycles. The fourth-order valence-electron chi connectivity index (χ4n) is 3.19. The van der Waals surface area contributed by atoms with Gasteiger partial charge in [-0.2, -0.15) is 0 Å². The van der Waals surface area contributed by atoms with Crippen LogP contribution in [0.5, 0.6) is 0 Å². The number of hydrogen-bond donors (Lipinski definition) is 4. The molecule has 1 aromatic rings. The van der Waals surface area contributed by atoms with Crippen LogP contribution < -0.4 is 10.6 Å². The van der Waals surface area contributed by atoms with E-state index in [0.717, 1.165) is 18.4 Å². The number of urea groups is 1. The zero-order valence-electron chi connectivity index (χ0n) is 18.3. The van der Waals surface area contributed by atoms with E-state index in [-0.39, 0.29) is 12.6 Å². The van der Waals surface area contributed by atoms with Gasteiger partial charge >= 0.3 is 6.03 Å². The van der Waals surface area contributed by atoms with Crippen LogP contribution in [0.15, 0.2) is 30.3 Å². The van der Waals surface area contributed by atoms with Crippen molar-refractivity contribution < 1.29 is 15.0 Å². The summed E-state index contributed by atoms with van der Waals surface area (Å²) in [7, 11) is 0. The highest BCUT2D eigenvalue weighted by molar-refractivity contribution is 6.30. The van der Waals surface area contributed by atoms with E-state index in [0.29, 0.717) is 11.6 Å². The van der Waals surface area contributed by atoms with E-state index in [9.17, 15) is 15.0 Å². The lowest BCUT2D eigenvalue weighted by molar-refractivity contribution is 0.126. The maximum absolute atomic E-state index is 12.0. The lowest BCUT2D eigenvalue weighted by atomic mass is 10.1. The van der Waals surface area contributed by atoms with Crippen LogP contribution in [0, 0.1) is 0 Å². The second-order valence-electron chi connectivity index (χ2n) is 7.77. The van der Waals surface area contributed by atoms with Gasteiger partial charge < -0.3 is 20.8 Å². The van der Waals surface area contributed by atoms with Crippen LogP contribution in [0.1, 0.15) is 76.7 Å². The number of aliphatic hydroxyl groups is 2. The maximum atomic E-state index is 12.0. The summed E-state index contributed by atoms with van der Waals surface area (Å²) in [5, 5.41) is 25.8. The van der Waals surface area contributed by atoms with Gasteiger partial charge in [0.15, 0.2) is 0 Å². The third-order valence-corrected chi connectivity index (χ3v) is 5.35. The number of benzene rings is 1. The van der Waals surface area contributed by atoms with E-state index in [1.807, 2.05) is 12.1 Å². The average molecular weight is 439 g/mol. The Morgan fingerprint density at radius 3 is 2.13 bits per heavy atom. The van der Waals surface area contributed by atoms with Gasteiger partial charge in [-0.3, -0.25) is 0 Å². The molecule has 0 aliphatic heterocycles. The lowest BCUT2D eigenvalue weighted by Gasteiger charge is -2.20. The van der Waals surface area contributed by atoms with Crippen molar-refractivity contribution in [1.29, 1.82) is 0 Å². The van der Waals surface area contributed by atoms with Crippen LogP contribution in [-0.2, 0) is 0 Å². The molecule has 5 nitrogen and oxygen atoms in total. The standard InChI is InChI=1S/C24H39ClN2O3/c1-2-3-4-5-6-7-8-9-10-11-18-26-24(30)27-22(19-28)23(29)17-14-20-12-15-21(25)16-13-20/h12-17,22-23,28-29H,2-11,18-19H2,1H3,(H2,26,27,30). The topological polar surface area (TPSA) is 81.6 Å². The highest BCUT2D eigenvalue weighted by atomic mass is 35.5. The summed E-state index contributed by atoms with van der Waals surface area (Å²) in [6.45, 7) is 2.48. The van der Waals surface area contributed by atoms with Crippen molar-refractivity contribution in [3.8, 4) is 0 Å². The second kappa shape index (κ2) is 17.2. The monoisotopic (exact) mass is 438 g/mol. The van der Waals surface area contributed by atoms with E-state index in [1.165, 1.54) is 51.4 Å². The number of amides is 2. The van der Waals surface area contributed by atoms with Gasteiger partial charge in [-0.25, -0.2) is 4.79 Å². The molecule has 1 rings (SSSR count). The predicted molar refractivity (Wildman–Crippen MR) is 126 cm³/mol. The molecular formula is C24H39ClN2O3. The maximum Gasteiger partial charge on any atom is 0.315 e. The van der Waals surface area contributed by atoms with Gasteiger partial charge in [0.2, 0.25) is 0 Å². The van der Waals surface area contributed by atoms with Gasteiger partial charge in [-0.05, 0) is 24.1 Å². The first kappa shape index (κ1) is 26.5. The van der Waals surface area contributed by atoms with Crippen LogP contribution >= 0.6 is 11.6 Å². The predicted octanol–water partition coefficient (Wildman–Crippen LogP) is 5.30. The summed E-state index contributed by atoms with van der Waals surface area (Å²) >= 11 is 5.85. The quantitative estimate of drug-likeness (QED) is 0.264. The SMILES string of the molecule is CCCCCCCCCCCCNC(=O)NC(CO)C(O)C=Cc1ccc(Cl)cc1.